The molecule has 4 heteroatoms. The third-order valence-electron chi connectivity index (χ3n) is 2.64. The smallest absolute Gasteiger partial charge is 0.242 e. The molecule has 0 aliphatic rings. The molecule has 18 heavy (non-hydrogen) atoms. The normalized spacial score (nSPS) is 12.3. The van der Waals surface area contributed by atoms with E-state index < -0.39 is 0 Å². The van der Waals surface area contributed by atoms with Gasteiger partial charge in [-0.2, -0.15) is 0 Å². The van der Waals surface area contributed by atoms with E-state index in [0.29, 0.717) is 5.92 Å². The van der Waals surface area contributed by atoms with Crippen LogP contribution >= 0.6 is 22.6 Å². The lowest BCUT2D eigenvalue weighted by Crippen LogP contribution is -2.38. The van der Waals surface area contributed by atoms with E-state index in [1.807, 2.05) is 31.2 Å². The van der Waals surface area contributed by atoms with Gasteiger partial charge in [-0.05, 0) is 66.1 Å². The van der Waals surface area contributed by atoms with Crippen LogP contribution in [-0.2, 0) is 4.79 Å². The van der Waals surface area contributed by atoms with Crippen LogP contribution in [0.3, 0.4) is 0 Å². The first-order valence-electron chi connectivity index (χ1n) is 6.29. The van der Waals surface area contributed by atoms with E-state index in [4.69, 9.17) is 0 Å². The summed E-state index contributed by atoms with van der Waals surface area (Å²) < 4.78 is 1.19. The predicted molar refractivity (Wildman–Crippen MR) is 84.7 cm³/mol. The zero-order valence-electron chi connectivity index (χ0n) is 11.2. The number of benzene rings is 1. The van der Waals surface area contributed by atoms with Crippen LogP contribution < -0.4 is 10.6 Å². The summed E-state index contributed by atoms with van der Waals surface area (Å²) in [7, 11) is 0. The molecule has 0 heterocycles. The van der Waals surface area contributed by atoms with E-state index in [-0.39, 0.29) is 11.9 Å². The van der Waals surface area contributed by atoms with Crippen LogP contribution in [-0.4, -0.2) is 18.5 Å². The molecule has 0 aliphatic carbocycles. The van der Waals surface area contributed by atoms with Crippen LogP contribution in [0.2, 0.25) is 0 Å². The summed E-state index contributed by atoms with van der Waals surface area (Å²) in [5.41, 5.74) is 0.974. The first kappa shape index (κ1) is 15.3. The Morgan fingerprint density at radius 3 is 2.39 bits per heavy atom. The van der Waals surface area contributed by atoms with Gasteiger partial charge >= 0.3 is 0 Å². The van der Waals surface area contributed by atoms with Crippen molar-refractivity contribution in [3.63, 3.8) is 0 Å². The largest absolute Gasteiger partial charge is 0.374 e. The van der Waals surface area contributed by atoms with Crippen molar-refractivity contribution in [3.8, 4) is 0 Å². The molecule has 1 atom stereocenters. The molecule has 0 saturated heterocycles. The topological polar surface area (TPSA) is 41.1 Å². The molecule has 0 spiro atoms. The number of hydrogen-bond acceptors (Lipinski definition) is 2. The van der Waals surface area contributed by atoms with Gasteiger partial charge in [0.1, 0.15) is 6.04 Å². The maximum atomic E-state index is 11.8. The predicted octanol–water partition coefficient (Wildman–Crippen LogP) is 3.25. The quantitative estimate of drug-likeness (QED) is 0.765. The molecule has 0 bridgehead atoms. The summed E-state index contributed by atoms with van der Waals surface area (Å²) in [6.07, 6.45) is 1.02. The summed E-state index contributed by atoms with van der Waals surface area (Å²) in [5, 5.41) is 6.13. The second kappa shape index (κ2) is 7.61. The van der Waals surface area contributed by atoms with Crippen molar-refractivity contribution in [2.24, 2.45) is 5.92 Å². The van der Waals surface area contributed by atoms with Gasteiger partial charge in [0, 0.05) is 15.8 Å². The molecule has 0 aliphatic heterocycles. The van der Waals surface area contributed by atoms with E-state index in [1.54, 1.807) is 0 Å². The van der Waals surface area contributed by atoms with Crippen molar-refractivity contribution in [3.05, 3.63) is 27.8 Å². The monoisotopic (exact) mass is 360 g/mol. The molecule has 1 amide bonds. The van der Waals surface area contributed by atoms with Gasteiger partial charge < -0.3 is 10.6 Å². The molecule has 0 fully saturated rings. The van der Waals surface area contributed by atoms with Gasteiger partial charge in [0.05, 0.1) is 0 Å². The lowest BCUT2D eigenvalue weighted by Gasteiger charge is -2.15. The molecule has 1 aromatic rings. The Morgan fingerprint density at radius 1 is 1.22 bits per heavy atom. The summed E-state index contributed by atoms with van der Waals surface area (Å²) in [5.74, 6) is 0.666. The highest BCUT2D eigenvalue weighted by molar-refractivity contribution is 14.1. The Labute approximate surface area is 123 Å². The highest BCUT2D eigenvalue weighted by atomic mass is 127. The number of anilines is 1. The van der Waals surface area contributed by atoms with Crippen LogP contribution in [0.1, 0.15) is 27.2 Å². The standard InChI is InChI=1S/C14H21IN2O/c1-10(2)8-9-16-14(18)11(3)17-13-6-4-12(15)5-7-13/h4-7,10-11,17H,8-9H2,1-3H3,(H,16,18). The Morgan fingerprint density at radius 2 is 1.83 bits per heavy atom. The molecule has 1 rings (SSSR count). The van der Waals surface area contributed by atoms with Gasteiger partial charge in [-0.15, -0.1) is 0 Å². The van der Waals surface area contributed by atoms with E-state index in [2.05, 4.69) is 47.1 Å². The number of carbonyl (C=O) groups excluding carboxylic acids is 1. The van der Waals surface area contributed by atoms with Crippen molar-refractivity contribution in [1.82, 2.24) is 5.32 Å². The maximum absolute atomic E-state index is 11.8. The van der Waals surface area contributed by atoms with Gasteiger partial charge in [0.15, 0.2) is 0 Å². The minimum atomic E-state index is -0.211. The average molecular weight is 360 g/mol. The van der Waals surface area contributed by atoms with Gasteiger partial charge in [-0.1, -0.05) is 13.8 Å². The van der Waals surface area contributed by atoms with Crippen molar-refractivity contribution in [2.75, 3.05) is 11.9 Å². The Kier molecular flexibility index (Phi) is 6.46. The first-order valence-corrected chi connectivity index (χ1v) is 7.36. The molecular weight excluding hydrogens is 339 g/mol. The molecular formula is C14H21IN2O. The van der Waals surface area contributed by atoms with Gasteiger partial charge in [0.25, 0.3) is 0 Å². The fourth-order valence-corrected chi connectivity index (χ4v) is 1.86. The lowest BCUT2D eigenvalue weighted by atomic mass is 10.1. The molecule has 1 aromatic carbocycles. The zero-order chi connectivity index (χ0) is 13.5. The number of amides is 1. The van der Waals surface area contributed by atoms with Crippen LogP contribution in [0.5, 0.6) is 0 Å². The fraction of sp³-hybridized carbons (Fsp3) is 0.500. The third-order valence-corrected chi connectivity index (χ3v) is 3.36. The summed E-state index contributed by atoms with van der Waals surface area (Å²) in [6, 6.07) is 7.80. The number of hydrogen-bond donors (Lipinski definition) is 2. The van der Waals surface area contributed by atoms with Crippen molar-refractivity contribution >= 4 is 34.2 Å². The highest BCUT2D eigenvalue weighted by Crippen LogP contribution is 2.12. The van der Waals surface area contributed by atoms with Gasteiger partial charge in [0.2, 0.25) is 5.91 Å². The lowest BCUT2D eigenvalue weighted by molar-refractivity contribution is -0.121. The zero-order valence-corrected chi connectivity index (χ0v) is 13.3. The average Bonchev–Trinajstić information content (AvgIpc) is 2.31. The Hall–Kier alpha value is -0.780. The van der Waals surface area contributed by atoms with E-state index >= 15 is 0 Å². The first-order chi connectivity index (χ1) is 8.49. The number of halogens is 1. The highest BCUT2D eigenvalue weighted by Gasteiger charge is 2.11. The number of rotatable bonds is 6. The third kappa shape index (κ3) is 5.71. The van der Waals surface area contributed by atoms with E-state index in [9.17, 15) is 4.79 Å². The number of carbonyl (C=O) groups is 1. The van der Waals surface area contributed by atoms with E-state index in [1.165, 1.54) is 3.57 Å². The summed E-state index contributed by atoms with van der Waals surface area (Å²) in [4.78, 5) is 11.8. The maximum Gasteiger partial charge on any atom is 0.242 e. The van der Waals surface area contributed by atoms with Crippen LogP contribution in [0, 0.1) is 9.49 Å². The Bertz CT molecular complexity index is 376. The summed E-state index contributed by atoms with van der Waals surface area (Å²) >= 11 is 2.26. The second-order valence-corrected chi connectivity index (χ2v) is 6.09. The molecule has 100 valence electrons. The van der Waals surface area contributed by atoms with E-state index in [0.717, 1.165) is 18.7 Å². The second-order valence-electron chi connectivity index (χ2n) is 4.85. The molecule has 0 saturated carbocycles. The SMILES string of the molecule is CC(C)CCNC(=O)C(C)Nc1ccc(I)cc1. The van der Waals surface area contributed by atoms with Crippen molar-refractivity contribution in [2.45, 2.75) is 33.2 Å². The van der Waals surface area contributed by atoms with Crippen LogP contribution in [0.4, 0.5) is 5.69 Å². The van der Waals surface area contributed by atoms with Crippen molar-refractivity contribution in [1.29, 1.82) is 0 Å². The number of nitrogens with one attached hydrogen (secondary N) is 2. The minimum Gasteiger partial charge on any atom is -0.374 e. The molecule has 3 nitrogen and oxygen atoms in total. The van der Waals surface area contributed by atoms with Gasteiger partial charge in [-0.25, -0.2) is 0 Å². The molecule has 2 N–H and O–H groups in total. The minimum absolute atomic E-state index is 0.0502. The summed E-state index contributed by atoms with van der Waals surface area (Å²) in [6.45, 7) is 6.93. The molecule has 0 radical (unpaired) electrons. The van der Waals surface area contributed by atoms with Crippen molar-refractivity contribution < 1.29 is 4.79 Å². The van der Waals surface area contributed by atoms with Crippen LogP contribution in [0.25, 0.3) is 0 Å². The Balaban J connectivity index is 2.37. The van der Waals surface area contributed by atoms with Gasteiger partial charge in [-0.3, -0.25) is 4.79 Å². The molecule has 1 unspecified atom stereocenters. The fourth-order valence-electron chi connectivity index (χ4n) is 1.50. The molecule has 0 aromatic heterocycles. The van der Waals surface area contributed by atoms with Crippen LogP contribution in [0.15, 0.2) is 24.3 Å².